The van der Waals surface area contributed by atoms with Crippen molar-refractivity contribution in [1.29, 1.82) is 0 Å². The van der Waals surface area contributed by atoms with E-state index in [2.05, 4.69) is 15.9 Å². The second-order valence-electron chi connectivity index (χ2n) is 2.26. The van der Waals surface area contributed by atoms with Gasteiger partial charge in [-0.3, -0.25) is 4.79 Å². The molecule has 13 heavy (non-hydrogen) atoms. The number of carboxylic acid groups (broad SMARTS) is 1. The summed E-state index contributed by atoms with van der Waals surface area (Å²) in [4.78, 5) is 21.4. The lowest BCUT2D eigenvalue weighted by Gasteiger charge is -1.99. The number of hydrogen-bond donors (Lipinski definition) is 1. The maximum Gasteiger partial charge on any atom is 0.377 e. The molecule has 1 rings (SSSR count). The van der Waals surface area contributed by atoms with Gasteiger partial charge in [0, 0.05) is 10.0 Å². The van der Waals surface area contributed by atoms with Crippen LogP contribution >= 0.6 is 27.5 Å². The second-order valence-corrected chi connectivity index (χ2v) is 3.58. The molecule has 5 heteroatoms. The number of Topliss-reactive ketones (excluding diaryl/α,β-unsaturated/α-hetero) is 1. The van der Waals surface area contributed by atoms with E-state index in [0.717, 1.165) is 0 Å². The number of aliphatic carboxylic acids is 1. The van der Waals surface area contributed by atoms with Gasteiger partial charge in [-0.2, -0.15) is 0 Å². The van der Waals surface area contributed by atoms with Crippen molar-refractivity contribution in [3.8, 4) is 0 Å². The fourth-order valence-corrected chi connectivity index (χ4v) is 1.35. The molecule has 0 bridgehead atoms. The monoisotopic (exact) mass is 262 g/mol. The van der Waals surface area contributed by atoms with Gasteiger partial charge in [0.15, 0.2) is 0 Å². The molecule has 0 radical (unpaired) electrons. The Morgan fingerprint density at radius 1 is 1.38 bits per heavy atom. The van der Waals surface area contributed by atoms with Crippen LogP contribution in [0.1, 0.15) is 10.4 Å². The average molecular weight is 263 g/mol. The topological polar surface area (TPSA) is 54.4 Å². The molecule has 0 spiro atoms. The van der Waals surface area contributed by atoms with Gasteiger partial charge in [0.1, 0.15) is 0 Å². The Morgan fingerprint density at radius 3 is 2.54 bits per heavy atom. The minimum atomic E-state index is -1.51. The maximum atomic E-state index is 11.0. The van der Waals surface area contributed by atoms with E-state index in [4.69, 9.17) is 16.7 Å². The van der Waals surface area contributed by atoms with Gasteiger partial charge in [-0.25, -0.2) is 4.79 Å². The molecule has 0 unspecified atom stereocenters. The largest absolute Gasteiger partial charge is 0.475 e. The number of hydrogen-bond acceptors (Lipinski definition) is 2. The summed E-state index contributed by atoms with van der Waals surface area (Å²) < 4.78 is 0.613. The third kappa shape index (κ3) is 2.29. The van der Waals surface area contributed by atoms with Gasteiger partial charge in [0.25, 0.3) is 5.78 Å². The van der Waals surface area contributed by atoms with Crippen LogP contribution < -0.4 is 0 Å². The molecule has 1 N–H and O–H groups in total. The second kappa shape index (κ2) is 3.89. The summed E-state index contributed by atoms with van der Waals surface area (Å²) in [7, 11) is 0. The van der Waals surface area contributed by atoms with Gasteiger partial charge in [-0.05, 0) is 18.2 Å². The molecular formula is C8H4BrClO3. The van der Waals surface area contributed by atoms with Crippen LogP contribution in [0.25, 0.3) is 0 Å². The SMILES string of the molecule is O=C(O)C(=O)c1cc(Br)ccc1Cl. The number of benzene rings is 1. The van der Waals surface area contributed by atoms with Crippen molar-refractivity contribution >= 4 is 39.3 Å². The molecule has 0 aliphatic carbocycles. The minimum absolute atomic E-state index is 0.0106. The van der Waals surface area contributed by atoms with Gasteiger partial charge < -0.3 is 5.11 Å². The lowest BCUT2D eigenvalue weighted by atomic mass is 10.1. The van der Waals surface area contributed by atoms with E-state index in [9.17, 15) is 9.59 Å². The minimum Gasteiger partial charge on any atom is -0.475 e. The third-order valence-electron chi connectivity index (χ3n) is 1.37. The number of halogens is 2. The van der Waals surface area contributed by atoms with Gasteiger partial charge in [-0.1, -0.05) is 27.5 Å². The van der Waals surface area contributed by atoms with Crippen molar-refractivity contribution in [2.75, 3.05) is 0 Å². The number of carboxylic acids is 1. The first-order valence-electron chi connectivity index (χ1n) is 3.25. The van der Waals surface area contributed by atoms with Gasteiger partial charge in [0.05, 0.1) is 5.02 Å². The highest BCUT2D eigenvalue weighted by Crippen LogP contribution is 2.21. The predicted octanol–water partition coefficient (Wildman–Crippen LogP) is 2.37. The van der Waals surface area contributed by atoms with Crippen LogP contribution in [0.15, 0.2) is 22.7 Å². The van der Waals surface area contributed by atoms with Crippen molar-refractivity contribution in [3.63, 3.8) is 0 Å². The van der Waals surface area contributed by atoms with Crippen molar-refractivity contribution in [3.05, 3.63) is 33.3 Å². The molecule has 0 aromatic heterocycles. The molecule has 1 aromatic rings. The summed E-state index contributed by atoms with van der Waals surface area (Å²) in [5.74, 6) is -2.52. The molecule has 0 amide bonds. The molecule has 3 nitrogen and oxygen atoms in total. The predicted molar refractivity (Wildman–Crippen MR) is 51.1 cm³/mol. The zero-order valence-electron chi connectivity index (χ0n) is 6.25. The highest BCUT2D eigenvalue weighted by atomic mass is 79.9. The Labute approximate surface area is 87.4 Å². The molecule has 0 aliphatic heterocycles. The van der Waals surface area contributed by atoms with E-state index < -0.39 is 11.8 Å². The van der Waals surface area contributed by atoms with Crippen molar-refractivity contribution < 1.29 is 14.7 Å². The van der Waals surface area contributed by atoms with E-state index >= 15 is 0 Å². The fourth-order valence-electron chi connectivity index (χ4n) is 0.787. The van der Waals surface area contributed by atoms with Crippen LogP contribution in [-0.2, 0) is 4.79 Å². The highest BCUT2D eigenvalue weighted by molar-refractivity contribution is 9.10. The summed E-state index contributed by atoms with van der Waals surface area (Å²) in [6.45, 7) is 0. The van der Waals surface area contributed by atoms with Crippen LogP contribution in [0.5, 0.6) is 0 Å². The molecular weight excluding hydrogens is 259 g/mol. The lowest BCUT2D eigenvalue weighted by Crippen LogP contribution is -2.13. The number of carbonyl (C=O) groups excluding carboxylic acids is 1. The maximum absolute atomic E-state index is 11.0. The first-order valence-corrected chi connectivity index (χ1v) is 4.42. The van der Waals surface area contributed by atoms with Crippen molar-refractivity contribution in [2.24, 2.45) is 0 Å². The molecule has 0 saturated heterocycles. The Bertz CT molecular complexity index is 376. The Hall–Kier alpha value is -0.870. The Morgan fingerprint density at radius 2 is 2.00 bits per heavy atom. The summed E-state index contributed by atoms with van der Waals surface area (Å²) in [5.41, 5.74) is -0.0106. The van der Waals surface area contributed by atoms with E-state index in [1.165, 1.54) is 12.1 Å². The Kier molecular flexibility index (Phi) is 3.06. The zero-order chi connectivity index (χ0) is 10.0. The van der Waals surface area contributed by atoms with Gasteiger partial charge >= 0.3 is 5.97 Å². The van der Waals surface area contributed by atoms with E-state index in [0.29, 0.717) is 4.47 Å². The van der Waals surface area contributed by atoms with Crippen molar-refractivity contribution in [1.82, 2.24) is 0 Å². The molecule has 0 fully saturated rings. The normalized spacial score (nSPS) is 9.69. The van der Waals surface area contributed by atoms with Crippen LogP contribution in [0.2, 0.25) is 5.02 Å². The molecule has 0 heterocycles. The average Bonchev–Trinajstić information content (AvgIpc) is 2.08. The van der Waals surface area contributed by atoms with Crippen LogP contribution in [0.3, 0.4) is 0 Å². The molecule has 0 atom stereocenters. The van der Waals surface area contributed by atoms with E-state index in [-0.39, 0.29) is 10.6 Å². The quantitative estimate of drug-likeness (QED) is 0.658. The smallest absolute Gasteiger partial charge is 0.377 e. The highest BCUT2D eigenvalue weighted by Gasteiger charge is 2.17. The van der Waals surface area contributed by atoms with Crippen LogP contribution in [0, 0.1) is 0 Å². The number of rotatable bonds is 2. The molecule has 68 valence electrons. The van der Waals surface area contributed by atoms with Crippen molar-refractivity contribution in [2.45, 2.75) is 0 Å². The molecule has 0 saturated carbocycles. The lowest BCUT2D eigenvalue weighted by molar-refractivity contribution is -0.131. The summed E-state index contributed by atoms with van der Waals surface area (Å²) >= 11 is 8.74. The summed E-state index contributed by atoms with van der Waals surface area (Å²) in [6, 6.07) is 4.46. The fraction of sp³-hybridized carbons (Fsp3) is 0. The van der Waals surface area contributed by atoms with Gasteiger partial charge in [0.2, 0.25) is 0 Å². The van der Waals surface area contributed by atoms with E-state index in [1.54, 1.807) is 6.07 Å². The summed E-state index contributed by atoms with van der Waals surface area (Å²) in [6.07, 6.45) is 0. The summed E-state index contributed by atoms with van der Waals surface area (Å²) in [5, 5.41) is 8.56. The Balaban J connectivity index is 3.21. The number of carbonyl (C=O) groups is 2. The van der Waals surface area contributed by atoms with Crippen LogP contribution in [-0.4, -0.2) is 16.9 Å². The van der Waals surface area contributed by atoms with Gasteiger partial charge in [-0.15, -0.1) is 0 Å². The first-order chi connectivity index (χ1) is 6.02. The van der Waals surface area contributed by atoms with Crippen LogP contribution in [0.4, 0.5) is 0 Å². The molecule has 0 aliphatic rings. The van der Waals surface area contributed by atoms with E-state index in [1.807, 2.05) is 0 Å². The standard InChI is InChI=1S/C8H4BrClO3/c9-4-1-2-6(10)5(3-4)7(11)8(12)13/h1-3H,(H,12,13). The third-order valence-corrected chi connectivity index (χ3v) is 2.19. The zero-order valence-corrected chi connectivity index (χ0v) is 8.59. The number of ketones is 1. The first kappa shape index (κ1) is 10.2. The molecule has 1 aromatic carbocycles.